The van der Waals surface area contributed by atoms with Crippen LogP contribution in [0.5, 0.6) is 0 Å². The molecule has 1 N–H and O–H groups in total. The lowest BCUT2D eigenvalue weighted by Crippen LogP contribution is -2.21. The zero-order valence-electron chi connectivity index (χ0n) is 9.27. The Balaban J connectivity index is 1.95. The van der Waals surface area contributed by atoms with Gasteiger partial charge in [0.15, 0.2) is 0 Å². The molecule has 16 heavy (non-hydrogen) atoms. The van der Waals surface area contributed by atoms with E-state index in [1.54, 1.807) is 12.3 Å². The quantitative estimate of drug-likeness (QED) is 0.780. The van der Waals surface area contributed by atoms with Crippen molar-refractivity contribution in [3.63, 3.8) is 0 Å². The molecule has 1 aromatic heterocycles. The number of aromatic nitrogens is 2. The molecule has 1 heterocycles. The molecule has 0 saturated heterocycles. The van der Waals surface area contributed by atoms with Crippen LogP contribution >= 0.6 is 0 Å². The molecule has 1 fully saturated rings. The zero-order chi connectivity index (χ0) is 11.4. The lowest BCUT2D eigenvalue weighted by Gasteiger charge is -2.25. The first-order valence-corrected chi connectivity index (χ1v) is 5.45. The number of ether oxygens (including phenoxy) is 1. The fourth-order valence-corrected chi connectivity index (χ4v) is 1.59. The SMILES string of the molecule is COC(=O)c1nccc(NCC2CCC2)n1. The third-order valence-corrected chi connectivity index (χ3v) is 2.82. The molecule has 1 aliphatic rings. The van der Waals surface area contributed by atoms with Crippen LogP contribution < -0.4 is 5.32 Å². The second-order valence-electron chi connectivity index (χ2n) is 3.93. The lowest BCUT2D eigenvalue weighted by molar-refractivity contribution is 0.0587. The standard InChI is InChI=1S/C11H15N3O2/c1-16-11(15)10-12-6-5-9(14-10)13-7-8-3-2-4-8/h5-6,8H,2-4,7H2,1H3,(H,12,13,14). The van der Waals surface area contributed by atoms with Crippen molar-refractivity contribution in [2.45, 2.75) is 19.3 Å². The largest absolute Gasteiger partial charge is 0.463 e. The predicted octanol–water partition coefficient (Wildman–Crippen LogP) is 1.48. The summed E-state index contributed by atoms with van der Waals surface area (Å²) in [5, 5.41) is 3.21. The molecular formula is C11H15N3O2. The number of carbonyl (C=O) groups is 1. The van der Waals surface area contributed by atoms with Gasteiger partial charge in [-0.15, -0.1) is 0 Å². The summed E-state index contributed by atoms with van der Waals surface area (Å²) in [4.78, 5) is 19.1. The number of anilines is 1. The van der Waals surface area contributed by atoms with Crippen molar-refractivity contribution in [1.29, 1.82) is 0 Å². The zero-order valence-corrected chi connectivity index (χ0v) is 9.27. The van der Waals surface area contributed by atoms with Gasteiger partial charge in [0.2, 0.25) is 5.82 Å². The van der Waals surface area contributed by atoms with E-state index in [1.165, 1.54) is 26.4 Å². The van der Waals surface area contributed by atoms with Crippen LogP contribution in [0.3, 0.4) is 0 Å². The highest BCUT2D eigenvalue weighted by Crippen LogP contribution is 2.26. The van der Waals surface area contributed by atoms with Gasteiger partial charge in [-0.25, -0.2) is 14.8 Å². The van der Waals surface area contributed by atoms with Gasteiger partial charge < -0.3 is 10.1 Å². The Morgan fingerprint density at radius 3 is 3.06 bits per heavy atom. The Bertz CT molecular complexity index is 377. The molecule has 0 atom stereocenters. The lowest BCUT2D eigenvalue weighted by atomic mass is 9.85. The van der Waals surface area contributed by atoms with Crippen LogP contribution in [-0.2, 0) is 4.74 Å². The van der Waals surface area contributed by atoms with Crippen LogP contribution in [0.15, 0.2) is 12.3 Å². The van der Waals surface area contributed by atoms with Crippen LogP contribution in [-0.4, -0.2) is 29.6 Å². The normalized spacial score (nSPS) is 15.3. The second-order valence-corrected chi connectivity index (χ2v) is 3.93. The first-order valence-electron chi connectivity index (χ1n) is 5.45. The molecule has 1 aliphatic carbocycles. The molecule has 1 aromatic rings. The highest BCUT2D eigenvalue weighted by molar-refractivity contribution is 5.85. The Morgan fingerprint density at radius 1 is 1.62 bits per heavy atom. The van der Waals surface area contributed by atoms with Crippen molar-refractivity contribution in [2.75, 3.05) is 19.0 Å². The minimum atomic E-state index is -0.507. The minimum Gasteiger partial charge on any atom is -0.463 e. The molecule has 0 spiro atoms. The maximum Gasteiger partial charge on any atom is 0.376 e. The van der Waals surface area contributed by atoms with Gasteiger partial charge in [0.05, 0.1) is 7.11 Å². The molecule has 86 valence electrons. The monoisotopic (exact) mass is 221 g/mol. The number of nitrogens with zero attached hydrogens (tertiary/aromatic N) is 2. The summed E-state index contributed by atoms with van der Waals surface area (Å²) in [6.07, 6.45) is 5.44. The van der Waals surface area contributed by atoms with Gasteiger partial charge in [0.25, 0.3) is 0 Å². The molecule has 0 unspecified atom stereocenters. The number of hydrogen-bond donors (Lipinski definition) is 1. The van der Waals surface area contributed by atoms with Gasteiger partial charge in [0.1, 0.15) is 5.82 Å². The highest BCUT2D eigenvalue weighted by atomic mass is 16.5. The molecule has 0 amide bonds. The van der Waals surface area contributed by atoms with Crippen molar-refractivity contribution < 1.29 is 9.53 Å². The summed E-state index contributed by atoms with van der Waals surface area (Å²) in [6, 6.07) is 1.76. The third-order valence-electron chi connectivity index (χ3n) is 2.82. The topological polar surface area (TPSA) is 64.1 Å². The number of methoxy groups -OCH3 is 1. The highest BCUT2D eigenvalue weighted by Gasteiger charge is 2.17. The van der Waals surface area contributed by atoms with E-state index in [0.717, 1.165) is 12.5 Å². The summed E-state index contributed by atoms with van der Waals surface area (Å²) in [5.41, 5.74) is 0. The molecule has 1 saturated carbocycles. The molecule has 0 radical (unpaired) electrons. The number of rotatable bonds is 4. The maximum atomic E-state index is 11.2. The van der Waals surface area contributed by atoms with Crippen LogP contribution in [0.25, 0.3) is 0 Å². The van der Waals surface area contributed by atoms with E-state index in [9.17, 15) is 4.79 Å². The van der Waals surface area contributed by atoms with Crippen LogP contribution in [0.1, 0.15) is 29.9 Å². The Hall–Kier alpha value is -1.65. The van der Waals surface area contributed by atoms with E-state index in [0.29, 0.717) is 5.82 Å². The molecule has 2 rings (SSSR count). The summed E-state index contributed by atoms with van der Waals surface area (Å²) >= 11 is 0. The molecule has 5 heteroatoms. The molecule has 0 aromatic carbocycles. The van der Waals surface area contributed by atoms with E-state index >= 15 is 0 Å². The molecule has 5 nitrogen and oxygen atoms in total. The van der Waals surface area contributed by atoms with Crippen LogP contribution in [0.2, 0.25) is 0 Å². The smallest absolute Gasteiger partial charge is 0.376 e. The van der Waals surface area contributed by atoms with E-state index in [1.807, 2.05) is 0 Å². The summed E-state index contributed by atoms with van der Waals surface area (Å²) in [7, 11) is 1.32. The fourth-order valence-electron chi connectivity index (χ4n) is 1.59. The van der Waals surface area contributed by atoms with Crippen molar-refractivity contribution >= 4 is 11.8 Å². The van der Waals surface area contributed by atoms with Crippen molar-refractivity contribution in [3.8, 4) is 0 Å². The second kappa shape index (κ2) is 4.92. The number of esters is 1. The van der Waals surface area contributed by atoms with E-state index in [4.69, 9.17) is 0 Å². The average Bonchev–Trinajstić information content (AvgIpc) is 2.26. The van der Waals surface area contributed by atoms with Crippen molar-refractivity contribution in [1.82, 2.24) is 9.97 Å². The van der Waals surface area contributed by atoms with Gasteiger partial charge >= 0.3 is 5.97 Å². The van der Waals surface area contributed by atoms with Gasteiger partial charge in [-0.3, -0.25) is 0 Å². The van der Waals surface area contributed by atoms with Gasteiger partial charge in [0, 0.05) is 12.7 Å². The minimum absolute atomic E-state index is 0.0982. The van der Waals surface area contributed by atoms with Crippen LogP contribution in [0.4, 0.5) is 5.82 Å². The Labute approximate surface area is 94.2 Å². The van der Waals surface area contributed by atoms with Crippen LogP contribution in [0, 0.1) is 5.92 Å². The summed E-state index contributed by atoms with van der Waals surface area (Å²) in [5.74, 6) is 1.02. The summed E-state index contributed by atoms with van der Waals surface area (Å²) < 4.78 is 4.56. The Kier molecular flexibility index (Phi) is 3.34. The van der Waals surface area contributed by atoms with Gasteiger partial charge in [-0.05, 0) is 24.8 Å². The van der Waals surface area contributed by atoms with E-state index < -0.39 is 5.97 Å². The van der Waals surface area contributed by atoms with E-state index in [2.05, 4.69) is 20.0 Å². The van der Waals surface area contributed by atoms with Gasteiger partial charge in [-0.1, -0.05) is 6.42 Å². The maximum absolute atomic E-state index is 11.2. The molecule has 0 aliphatic heterocycles. The number of nitrogens with one attached hydrogen (secondary N) is 1. The predicted molar refractivity (Wildman–Crippen MR) is 59.2 cm³/mol. The Morgan fingerprint density at radius 2 is 2.44 bits per heavy atom. The number of hydrogen-bond acceptors (Lipinski definition) is 5. The van der Waals surface area contributed by atoms with Gasteiger partial charge in [-0.2, -0.15) is 0 Å². The van der Waals surface area contributed by atoms with E-state index in [-0.39, 0.29) is 5.82 Å². The summed E-state index contributed by atoms with van der Waals surface area (Å²) in [6.45, 7) is 0.914. The van der Waals surface area contributed by atoms with Crippen molar-refractivity contribution in [2.24, 2.45) is 5.92 Å². The molecule has 0 bridgehead atoms. The third kappa shape index (κ3) is 2.48. The molecular weight excluding hydrogens is 206 g/mol. The van der Waals surface area contributed by atoms with Crippen molar-refractivity contribution in [3.05, 3.63) is 18.1 Å². The number of carbonyl (C=O) groups excluding carboxylic acids is 1. The first kappa shape index (κ1) is 10.9. The first-order chi connectivity index (χ1) is 7.79. The fraction of sp³-hybridized carbons (Fsp3) is 0.545. The average molecular weight is 221 g/mol.